The zero-order valence-electron chi connectivity index (χ0n) is 18.2. The minimum atomic E-state index is -0.248. The third-order valence-electron chi connectivity index (χ3n) is 5.95. The van der Waals surface area contributed by atoms with Crippen LogP contribution >= 0.6 is 0 Å². The van der Waals surface area contributed by atoms with Crippen LogP contribution < -0.4 is 24.7 Å². The van der Waals surface area contributed by atoms with Crippen LogP contribution in [-0.4, -0.2) is 21.0 Å². The number of benzene rings is 2. The number of hydrogen-bond acceptors (Lipinski definition) is 5. The Morgan fingerprint density at radius 1 is 1.07 bits per heavy atom. The molecule has 0 fully saturated rings. The topological polar surface area (TPSA) is 62.3 Å². The fraction of sp³-hybridized carbons (Fsp3) is 0.375. The number of ether oxygens (including phenoxy) is 3. The van der Waals surface area contributed by atoms with Gasteiger partial charge in [0.05, 0.1) is 14.2 Å². The summed E-state index contributed by atoms with van der Waals surface area (Å²) >= 11 is 0. The van der Waals surface area contributed by atoms with E-state index in [-0.39, 0.29) is 5.63 Å². The lowest BCUT2D eigenvalue weighted by molar-refractivity contribution is -0.945. The van der Waals surface area contributed by atoms with Crippen molar-refractivity contribution in [1.82, 2.24) is 0 Å². The van der Waals surface area contributed by atoms with Crippen LogP contribution in [0.4, 0.5) is 0 Å². The van der Waals surface area contributed by atoms with Gasteiger partial charge in [0.25, 0.3) is 0 Å². The average molecular weight is 410 g/mol. The van der Waals surface area contributed by atoms with Gasteiger partial charge in [-0.05, 0) is 50.1 Å². The molecule has 0 radical (unpaired) electrons. The molecule has 1 aromatic heterocycles. The predicted octanol–water partition coefficient (Wildman–Crippen LogP) is 2.92. The molecule has 0 saturated heterocycles. The maximum Gasteiger partial charge on any atom is 0.339 e. The van der Waals surface area contributed by atoms with Crippen molar-refractivity contribution in [3.63, 3.8) is 0 Å². The van der Waals surface area contributed by atoms with Gasteiger partial charge in [0.15, 0.2) is 11.5 Å². The third-order valence-corrected chi connectivity index (χ3v) is 5.95. The summed E-state index contributed by atoms with van der Waals surface area (Å²) in [6.07, 6.45) is 0.660. The van der Waals surface area contributed by atoms with Crippen molar-refractivity contribution in [2.75, 3.05) is 21.0 Å². The van der Waals surface area contributed by atoms with Crippen molar-refractivity contribution in [2.24, 2.45) is 0 Å². The van der Waals surface area contributed by atoms with Crippen molar-refractivity contribution >= 4 is 11.0 Å². The number of quaternary nitrogens is 1. The van der Waals surface area contributed by atoms with Crippen molar-refractivity contribution in [2.45, 2.75) is 40.3 Å². The van der Waals surface area contributed by atoms with E-state index in [9.17, 15) is 4.79 Å². The van der Waals surface area contributed by atoms with E-state index in [4.69, 9.17) is 18.6 Å². The van der Waals surface area contributed by atoms with E-state index in [1.807, 2.05) is 32.9 Å². The monoisotopic (exact) mass is 410 g/mol. The highest BCUT2D eigenvalue weighted by Crippen LogP contribution is 2.34. The van der Waals surface area contributed by atoms with E-state index >= 15 is 0 Å². The molecule has 2 aromatic carbocycles. The van der Waals surface area contributed by atoms with Crippen LogP contribution in [0, 0.1) is 13.8 Å². The SMILES string of the molecule is CCc1c(C)c2cc3c(c(C)c2oc1=O)OC[NH+](Cc1ccc(OC)c(OC)c1)C3. The van der Waals surface area contributed by atoms with E-state index < -0.39 is 0 Å². The Morgan fingerprint density at radius 2 is 1.83 bits per heavy atom. The average Bonchev–Trinajstić information content (AvgIpc) is 2.75. The smallest absolute Gasteiger partial charge is 0.339 e. The van der Waals surface area contributed by atoms with E-state index in [0.717, 1.165) is 63.5 Å². The quantitative estimate of drug-likeness (QED) is 0.656. The number of aryl methyl sites for hydroxylation is 2. The first kappa shape index (κ1) is 20.3. The Kier molecular flexibility index (Phi) is 5.43. The summed E-state index contributed by atoms with van der Waals surface area (Å²) in [4.78, 5) is 13.6. The van der Waals surface area contributed by atoms with Crippen LogP contribution in [0.5, 0.6) is 17.2 Å². The van der Waals surface area contributed by atoms with Crippen LogP contribution in [-0.2, 0) is 19.5 Å². The fourth-order valence-electron chi connectivity index (χ4n) is 4.36. The molecule has 1 unspecified atom stereocenters. The van der Waals surface area contributed by atoms with Crippen LogP contribution in [0.15, 0.2) is 33.5 Å². The molecule has 1 aliphatic heterocycles. The maximum absolute atomic E-state index is 12.3. The lowest BCUT2D eigenvalue weighted by atomic mass is 9.98. The molecule has 0 saturated carbocycles. The molecule has 2 heterocycles. The molecule has 1 atom stereocenters. The molecule has 1 aliphatic rings. The second-order valence-electron chi connectivity index (χ2n) is 7.79. The summed E-state index contributed by atoms with van der Waals surface area (Å²) in [7, 11) is 3.28. The minimum absolute atomic E-state index is 0.248. The molecule has 158 valence electrons. The fourth-order valence-corrected chi connectivity index (χ4v) is 4.36. The highest BCUT2D eigenvalue weighted by molar-refractivity contribution is 5.87. The lowest BCUT2D eigenvalue weighted by Crippen LogP contribution is -3.10. The zero-order chi connectivity index (χ0) is 21.4. The molecule has 6 heteroatoms. The summed E-state index contributed by atoms with van der Waals surface area (Å²) in [5, 5.41) is 0.999. The van der Waals surface area contributed by atoms with E-state index in [1.165, 1.54) is 4.90 Å². The molecule has 0 aliphatic carbocycles. The van der Waals surface area contributed by atoms with Gasteiger partial charge in [-0.3, -0.25) is 4.90 Å². The Morgan fingerprint density at radius 3 is 2.53 bits per heavy atom. The summed E-state index contributed by atoms with van der Waals surface area (Å²) < 4.78 is 22.6. The highest BCUT2D eigenvalue weighted by atomic mass is 16.5. The number of rotatable bonds is 5. The van der Waals surface area contributed by atoms with Gasteiger partial charge in [-0.2, -0.15) is 0 Å². The molecule has 1 N–H and O–H groups in total. The highest BCUT2D eigenvalue weighted by Gasteiger charge is 2.26. The van der Waals surface area contributed by atoms with E-state index in [0.29, 0.717) is 18.7 Å². The second-order valence-corrected chi connectivity index (χ2v) is 7.79. The largest absolute Gasteiger partial charge is 0.493 e. The van der Waals surface area contributed by atoms with Crippen LogP contribution in [0.1, 0.15) is 34.7 Å². The first-order chi connectivity index (χ1) is 14.5. The van der Waals surface area contributed by atoms with Gasteiger partial charge < -0.3 is 18.6 Å². The van der Waals surface area contributed by atoms with Gasteiger partial charge in [-0.1, -0.05) is 6.92 Å². The molecule has 0 amide bonds. The van der Waals surface area contributed by atoms with Crippen molar-refractivity contribution in [3.8, 4) is 17.2 Å². The standard InChI is InChI=1S/C24H27NO5/c1-6-18-14(2)19-10-17-12-25(11-16-7-8-20(27-4)21(9-16)28-5)13-29-22(17)15(3)23(19)30-24(18)26/h7-10H,6,11-13H2,1-5H3/p+1. The summed E-state index contributed by atoms with van der Waals surface area (Å²) in [6.45, 7) is 8.13. The molecule has 30 heavy (non-hydrogen) atoms. The van der Waals surface area contributed by atoms with Gasteiger partial charge in [0.1, 0.15) is 24.4 Å². The molecule has 6 nitrogen and oxygen atoms in total. The summed E-state index contributed by atoms with van der Waals surface area (Å²) in [5.74, 6) is 2.29. The summed E-state index contributed by atoms with van der Waals surface area (Å²) in [5.41, 5.74) is 5.33. The first-order valence-corrected chi connectivity index (χ1v) is 10.2. The molecule has 4 rings (SSSR count). The van der Waals surface area contributed by atoms with Crippen LogP contribution in [0.3, 0.4) is 0 Å². The van der Waals surface area contributed by atoms with Crippen molar-refractivity contribution in [1.29, 1.82) is 0 Å². The Hall–Kier alpha value is -2.99. The molecule has 0 bridgehead atoms. The number of fused-ring (bicyclic) bond motifs is 2. The first-order valence-electron chi connectivity index (χ1n) is 10.2. The normalized spacial score (nSPS) is 15.6. The lowest BCUT2D eigenvalue weighted by Gasteiger charge is -2.28. The van der Waals surface area contributed by atoms with E-state index in [2.05, 4.69) is 12.1 Å². The van der Waals surface area contributed by atoms with E-state index in [1.54, 1.807) is 14.2 Å². The van der Waals surface area contributed by atoms with Gasteiger partial charge in [-0.25, -0.2) is 4.79 Å². The molecule has 0 spiro atoms. The van der Waals surface area contributed by atoms with Gasteiger partial charge in [0.2, 0.25) is 6.73 Å². The Labute approximate surface area is 176 Å². The minimum Gasteiger partial charge on any atom is -0.493 e. The predicted molar refractivity (Wildman–Crippen MR) is 115 cm³/mol. The molecular formula is C24H28NO5+. The van der Waals surface area contributed by atoms with Gasteiger partial charge in [-0.15, -0.1) is 0 Å². The number of nitrogens with one attached hydrogen (secondary N) is 1. The molecular weight excluding hydrogens is 382 g/mol. The third kappa shape index (κ3) is 3.41. The number of hydrogen-bond donors (Lipinski definition) is 1. The van der Waals surface area contributed by atoms with Crippen LogP contribution in [0.25, 0.3) is 11.0 Å². The summed E-state index contributed by atoms with van der Waals surface area (Å²) in [6, 6.07) is 8.13. The van der Waals surface area contributed by atoms with Gasteiger partial charge >= 0.3 is 5.63 Å². The Bertz CT molecular complexity index is 1160. The van der Waals surface area contributed by atoms with Crippen molar-refractivity contribution < 1.29 is 23.5 Å². The zero-order valence-corrected chi connectivity index (χ0v) is 18.2. The second kappa shape index (κ2) is 8.03. The van der Waals surface area contributed by atoms with Crippen molar-refractivity contribution in [3.05, 3.63) is 62.5 Å². The maximum atomic E-state index is 12.3. The number of methoxy groups -OCH3 is 2. The Balaban J connectivity index is 1.67. The van der Waals surface area contributed by atoms with Crippen LogP contribution in [0.2, 0.25) is 0 Å². The molecule has 3 aromatic rings. The van der Waals surface area contributed by atoms with Gasteiger partial charge in [0, 0.05) is 27.6 Å².